The van der Waals surface area contributed by atoms with Crippen LogP contribution in [0.25, 0.3) is 0 Å². The monoisotopic (exact) mass is 483 g/mol. The predicted octanol–water partition coefficient (Wildman–Crippen LogP) is 1.38. The maximum atomic E-state index is 14.0. The number of furan rings is 1. The van der Waals surface area contributed by atoms with Crippen LogP contribution in [0.5, 0.6) is 0 Å². The van der Waals surface area contributed by atoms with Crippen LogP contribution in [-0.4, -0.2) is 88.9 Å². The molecule has 0 aliphatic carbocycles. The van der Waals surface area contributed by atoms with Crippen LogP contribution in [0.4, 0.5) is 4.79 Å². The van der Waals surface area contributed by atoms with Crippen LogP contribution in [-0.2, 0) is 23.9 Å². The zero-order chi connectivity index (χ0) is 24.5. The summed E-state index contributed by atoms with van der Waals surface area (Å²) in [6.45, 7) is 5.40. The number of Topliss-reactive ketones (excluding diaryl/α,β-unsaturated/α-hetero) is 1. The van der Waals surface area contributed by atoms with Crippen LogP contribution >= 0.6 is 0 Å². The third-order valence-electron chi connectivity index (χ3n) is 8.35. The molecule has 1 aromatic rings. The lowest BCUT2D eigenvalue weighted by molar-refractivity contribution is -0.150. The van der Waals surface area contributed by atoms with Gasteiger partial charge in [0, 0.05) is 38.5 Å². The molecule has 186 valence electrons. The van der Waals surface area contributed by atoms with Crippen LogP contribution in [0.15, 0.2) is 35.0 Å². The molecule has 10 nitrogen and oxygen atoms in total. The second-order valence-corrected chi connectivity index (χ2v) is 9.99. The number of piperazine rings is 1. The molecule has 4 fully saturated rings. The van der Waals surface area contributed by atoms with E-state index in [-0.39, 0.29) is 30.1 Å². The van der Waals surface area contributed by atoms with Gasteiger partial charge in [-0.05, 0) is 19.1 Å². The summed E-state index contributed by atoms with van der Waals surface area (Å²) in [6, 6.07) is 2.53. The van der Waals surface area contributed by atoms with Crippen molar-refractivity contribution in [2.75, 3.05) is 32.8 Å². The van der Waals surface area contributed by atoms with E-state index in [0.717, 1.165) is 0 Å². The fraction of sp³-hybridized carbons (Fsp3) is 0.600. The molecular weight excluding hydrogens is 454 g/mol. The summed E-state index contributed by atoms with van der Waals surface area (Å²) in [4.78, 5) is 57.9. The maximum Gasteiger partial charge on any atom is 0.409 e. The Morgan fingerprint density at radius 2 is 1.91 bits per heavy atom. The van der Waals surface area contributed by atoms with Gasteiger partial charge in [0.05, 0.1) is 42.9 Å². The molecule has 0 radical (unpaired) electrons. The van der Waals surface area contributed by atoms with Crippen molar-refractivity contribution in [3.05, 3.63) is 36.3 Å². The van der Waals surface area contributed by atoms with Gasteiger partial charge in [-0.25, -0.2) is 4.79 Å². The molecule has 6 rings (SSSR count). The van der Waals surface area contributed by atoms with Gasteiger partial charge in [-0.1, -0.05) is 19.1 Å². The highest BCUT2D eigenvalue weighted by Gasteiger charge is 2.74. The first-order chi connectivity index (χ1) is 16.9. The van der Waals surface area contributed by atoms with Gasteiger partial charge in [-0.15, -0.1) is 0 Å². The highest BCUT2D eigenvalue weighted by atomic mass is 16.6. The van der Waals surface area contributed by atoms with Crippen molar-refractivity contribution in [1.82, 2.24) is 14.7 Å². The highest BCUT2D eigenvalue weighted by Crippen LogP contribution is 2.60. The average molecular weight is 484 g/mol. The number of fused-ring (bicyclic) bond motifs is 2. The number of ketones is 1. The van der Waals surface area contributed by atoms with Crippen molar-refractivity contribution in [2.24, 2.45) is 17.8 Å². The van der Waals surface area contributed by atoms with E-state index in [9.17, 15) is 19.2 Å². The predicted molar refractivity (Wildman–Crippen MR) is 120 cm³/mol. The molecule has 0 aromatic carbocycles. The Morgan fingerprint density at radius 3 is 2.60 bits per heavy atom. The van der Waals surface area contributed by atoms with Crippen LogP contribution in [0.2, 0.25) is 0 Å². The number of carbonyl (C=O) groups is 4. The van der Waals surface area contributed by atoms with Crippen LogP contribution in [0, 0.1) is 17.8 Å². The molecule has 10 heteroatoms. The standard InChI is InChI=1S/C25H29N3O7/c1-3-33-24(32)27-10-8-26(9-11-27)22(30)19-18-6-7-25(35-18)20(19)23(31)28-15(17-5-4-12-34-17)13-16(29)14(2)21(25)28/h4-7,12,14-15,18-21H,3,8-11,13H2,1-2H3/t14-,15-,18-,19+,20-,21+,25-/m0/s1. The Balaban J connectivity index is 1.28. The zero-order valence-electron chi connectivity index (χ0n) is 19.8. The second-order valence-electron chi connectivity index (χ2n) is 9.99. The Hall–Kier alpha value is -3.14. The van der Waals surface area contributed by atoms with Gasteiger partial charge in [0.15, 0.2) is 0 Å². The van der Waals surface area contributed by atoms with Crippen LogP contribution in [0.1, 0.15) is 32.1 Å². The number of hydrogen-bond acceptors (Lipinski definition) is 7. The molecule has 0 N–H and O–H groups in total. The summed E-state index contributed by atoms with van der Waals surface area (Å²) in [5.74, 6) is -1.45. The van der Waals surface area contributed by atoms with Crippen LogP contribution < -0.4 is 0 Å². The molecule has 5 aliphatic heterocycles. The molecule has 35 heavy (non-hydrogen) atoms. The van der Waals surface area contributed by atoms with E-state index in [2.05, 4.69) is 0 Å². The van der Waals surface area contributed by atoms with Crippen molar-refractivity contribution in [3.63, 3.8) is 0 Å². The number of ether oxygens (including phenoxy) is 2. The number of carbonyl (C=O) groups excluding carboxylic acids is 4. The van der Waals surface area contributed by atoms with Gasteiger partial charge in [0.2, 0.25) is 11.8 Å². The number of nitrogens with zero attached hydrogens (tertiary/aromatic N) is 3. The Morgan fingerprint density at radius 1 is 1.17 bits per heavy atom. The van der Waals surface area contributed by atoms with E-state index < -0.39 is 41.5 Å². The molecule has 7 atom stereocenters. The Kier molecular flexibility index (Phi) is 5.07. The molecule has 1 aromatic heterocycles. The fourth-order valence-electron chi connectivity index (χ4n) is 6.78. The lowest BCUT2D eigenvalue weighted by Gasteiger charge is -2.43. The van der Waals surface area contributed by atoms with Crippen molar-refractivity contribution in [1.29, 1.82) is 0 Å². The Bertz CT molecular complexity index is 1090. The number of amides is 3. The third-order valence-corrected chi connectivity index (χ3v) is 8.35. The molecule has 0 saturated carbocycles. The van der Waals surface area contributed by atoms with E-state index in [1.165, 1.54) is 6.26 Å². The first-order valence-electron chi connectivity index (χ1n) is 12.3. The summed E-state index contributed by atoms with van der Waals surface area (Å²) in [7, 11) is 0. The van der Waals surface area contributed by atoms with E-state index in [1.54, 1.807) is 33.8 Å². The minimum Gasteiger partial charge on any atom is -0.467 e. The van der Waals surface area contributed by atoms with E-state index in [4.69, 9.17) is 13.9 Å². The van der Waals surface area contributed by atoms with E-state index in [0.29, 0.717) is 38.5 Å². The second kappa shape index (κ2) is 7.94. The zero-order valence-corrected chi connectivity index (χ0v) is 19.8. The minimum absolute atomic E-state index is 0.0563. The minimum atomic E-state index is -1.00. The maximum absolute atomic E-state index is 14.0. The number of hydrogen-bond donors (Lipinski definition) is 0. The topological polar surface area (TPSA) is 110 Å². The summed E-state index contributed by atoms with van der Waals surface area (Å²) in [5.41, 5.74) is -1.00. The molecule has 1 spiro atoms. The number of piperidine rings is 1. The number of rotatable bonds is 3. The summed E-state index contributed by atoms with van der Waals surface area (Å²) in [6.07, 6.45) is 4.61. The smallest absolute Gasteiger partial charge is 0.409 e. The van der Waals surface area contributed by atoms with Crippen molar-refractivity contribution in [3.8, 4) is 0 Å². The summed E-state index contributed by atoms with van der Waals surface area (Å²) in [5, 5.41) is 0. The highest BCUT2D eigenvalue weighted by molar-refractivity contribution is 5.96. The first-order valence-corrected chi connectivity index (χ1v) is 12.3. The van der Waals surface area contributed by atoms with Gasteiger partial charge in [0.1, 0.15) is 17.1 Å². The van der Waals surface area contributed by atoms with Gasteiger partial charge < -0.3 is 28.6 Å². The fourth-order valence-corrected chi connectivity index (χ4v) is 6.78. The molecule has 2 bridgehead atoms. The Labute approximate surface area is 202 Å². The van der Waals surface area contributed by atoms with Crippen molar-refractivity contribution in [2.45, 2.75) is 44.1 Å². The molecule has 6 heterocycles. The third kappa shape index (κ3) is 3.05. The van der Waals surface area contributed by atoms with Crippen molar-refractivity contribution >= 4 is 23.7 Å². The lowest BCUT2D eigenvalue weighted by Crippen LogP contribution is -2.55. The van der Waals surface area contributed by atoms with E-state index >= 15 is 0 Å². The van der Waals surface area contributed by atoms with Gasteiger partial charge in [-0.3, -0.25) is 14.4 Å². The molecule has 5 aliphatic rings. The van der Waals surface area contributed by atoms with Gasteiger partial charge in [0.25, 0.3) is 0 Å². The quantitative estimate of drug-likeness (QED) is 0.598. The first kappa shape index (κ1) is 22.3. The summed E-state index contributed by atoms with van der Waals surface area (Å²) < 4.78 is 17.1. The van der Waals surface area contributed by atoms with Crippen LogP contribution in [0.3, 0.4) is 0 Å². The van der Waals surface area contributed by atoms with Gasteiger partial charge >= 0.3 is 6.09 Å². The molecular formula is C25H29N3O7. The average Bonchev–Trinajstić information content (AvgIpc) is 3.64. The molecule has 0 unspecified atom stereocenters. The molecule has 4 saturated heterocycles. The summed E-state index contributed by atoms with van der Waals surface area (Å²) >= 11 is 0. The largest absolute Gasteiger partial charge is 0.467 e. The van der Waals surface area contributed by atoms with Crippen molar-refractivity contribution < 1.29 is 33.1 Å². The van der Waals surface area contributed by atoms with Gasteiger partial charge in [-0.2, -0.15) is 0 Å². The lowest BCUT2D eigenvalue weighted by atomic mass is 9.70. The molecule has 3 amide bonds. The SMILES string of the molecule is CCOC(=O)N1CCN(C(=O)[C@@H]2[C@@H]3C=C[C@]4(O3)[C@@H]2C(=O)N2[C@H](c3ccco3)CC(=O)[C@H](C)[C@@H]24)CC1. The normalized spacial score (nSPS) is 37.6. The van der Waals surface area contributed by atoms with E-state index in [1.807, 2.05) is 19.1 Å².